The molecule has 0 bridgehead atoms. The number of carbonyl (C=O) groups excluding carboxylic acids is 1. The van der Waals surface area contributed by atoms with Gasteiger partial charge in [-0.3, -0.25) is 9.00 Å². The average Bonchev–Trinajstić information content (AvgIpc) is 2.25. The quantitative estimate of drug-likeness (QED) is 0.663. The molecule has 0 saturated carbocycles. The molecule has 0 aliphatic rings. The molecule has 0 aromatic rings. The molecule has 5 heteroatoms. The van der Waals surface area contributed by atoms with Gasteiger partial charge in [0.05, 0.1) is 6.54 Å². The summed E-state index contributed by atoms with van der Waals surface area (Å²) in [5.74, 6) is 0.0165. The van der Waals surface area contributed by atoms with Gasteiger partial charge >= 0.3 is 0 Å². The van der Waals surface area contributed by atoms with Gasteiger partial charge in [-0.25, -0.2) is 0 Å². The van der Waals surface area contributed by atoms with Crippen LogP contribution < -0.4 is 10.6 Å². The highest BCUT2D eigenvalue weighted by atomic mass is 32.2. The van der Waals surface area contributed by atoms with Crippen molar-refractivity contribution < 1.29 is 9.00 Å². The van der Waals surface area contributed by atoms with Gasteiger partial charge in [0, 0.05) is 34.9 Å². The Morgan fingerprint density at radius 1 is 1.31 bits per heavy atom. The van der Waals surface area contributed by atoms with E-state index in [1.54, 1.807) is 6.26 Å². The molecule has 16 heavy (non-hydrogen) atoms. The van der Waals surface area contributed by atoms with Gasteiger partial charge < -0.3 is 10.6 Å². The molecule has 0 aliphatic carbocycles. The Labute approximate surface area is 101 Å². The highest BCUT2D eigenvalue weighted by Crippen LogP contribution is 1.95. The second-order valence-electron chi connectivity index (χ2n) is 4.02. The minimum absolute atomic E-state index is 0.0165. The maximum atomic E-state index is 11.5. The van der Waals surface area contributed by atoms with Crippen molar-refractivity contribution in [2.24, 2.45) is 0 Å². The summed E-state index contributed by atoms with van der Waals surface area (Å²) in [6.45, 7) is 6.94. The van der Waals surface area contributed by atoms with Crippen LogP contribution in [0.4, 0.5) is 0 Å². The van der Waals surface area contributed by atoms with E-state index in [0.29, 0.717) is 13.1 Å². The molecule has 0 aliphatic heterocycles. The SMILES string of the molecule is CCC(CC)NC(=O)CNCC(C)S(C)=O. The number of amides is 1. The predicted molar refractivity (Wildman–Crippen MR) is 68.9 cm³/mol. The Hall–Kier alpha value is -0.420. The molecular weight excluding hydrogens is 224 g/mol. The monoisotopic (exact) mass is 248 g/mol. The van der Waals surface area contributed by atoms with Gasteiger partial charge in [0.25, 0.3) is 0 Å². The molecule has 0 heterocycles. The van der Waals surface area contributed by atoms with Crippen molar-refractivity contribution in [1.29, 1.82) is 0 Å². The minimum atomic E-state index is -0.833. The second-order valence-corrected chi connectivity index (χ2v) is 5.82. The van der Waals surface area contributed by atoms with Gasteiger partial charge in [0.15, 0.2) is 0 Å². The maximum absolute atomic E-state index is 11.5. The lowest BCUT2D eigenvalue weighted by atomic mass is 10.2. The summed E-state index contributed by atoms with van der Waals surface area (Å²) in [6.07, 6.45) is 3.59. The topological polar surface area (TPSA) is 58.2 Å². The van der Waals surface area contributed by atoms with Gasteiger partial charge in [-0.1, -0.05) is 13.8 Å². The van der Waals surface area contributed by atoms with Gasteiger partial charge in [-0.05, 0) is 19.8 Å². The molecule has 2 atom stereocenters. The third-order valence-corrected chi connectivity index (χ3v) is 3.93. The molecule has 96 valence electrons. The van der Waals surface area contributed by atoms with Gasteiger partial charge in [0.1, 0.15) is 0 Å². The molecule has 2 N–H and O–H groups in total. The van der Waals surface area contributed by atoms with Crippen LogP contribution in [0.25, 0.3) is 0 Å². The van der Waals surface area contributed by atoms with Crippen molar-refractivity contribution in [2.75, 3.05) is 19.3 Å². The van der Waals surface area contributed by atoms with Crippen molar-refractivity contribution in [3.63, 3.8) is 0 Å². The Kier molecular flexibility index (Phi) is 8.47. The number of carbonyl (C=O) groups is 1. The summed E-state index contributed by atoms with van der Waals surface area (Å²) < 4.78 is 11.1. The lowest BCUT2D eigenvalue weighted by Gasteiger charge is -2.15. The first-order chi connectivity index (χ1) is 7.51. The fraction of sp³-hybridized carbons (Fsp3) is 0.909. The fourth-order valence-electron chi connectivity index (χ4n) is 1.28. The largest absolute Gasteiger partial charge is 0.352 e. The number of hydrogen-bond acceptors (Lipinski definition) is 3. The molecule has 4 nitrogen and oxygen atoms in total. The third kappa shape index (κ3) is 6.95. The molecule has 1 amide bonds. The first-order valence-corrected chi connectivity index (χ1v) is 7.45. The van der Waals surface area contributed by atoms with Crippen LogP contribution in [0.5, 0.6) is 0 Å². The van der Waals surface area contributed by atoms with E-state index in [9.17, 15) is 9.00 Å². The average molecular weight is 248 g/mol. The fourth-order valence-corrected chi connectivity index (χ4v) is 1.63. The maximum Gasteiger partial charge on any atom is 0.234 e. The molecule has 0 aromatic carbocycles. The number of rotatable bonds is 8. The van der Waals surface area contributed by atoms with Crippen LogP contribution in [0.2, 0.25) is 0 Å². The van der Waals surface area contributed by atoms with E-state index in [1.165, 1.54) is 0 Å². The van der Waals surface area contributed by atoms with Crippen LogP contribution in [-0.4, -0.2) is 40.8 Å². The first-order valence-electron chi connectivity index (χ1n) is 5.83. The van der Waals surface area contributed by atoms with E-state index in [-0.39, 0.29) is 17.2 Å². The van der Waals surface area contributed by atoms with E-state index < -0.39 is 10.8 Å². The summed E-state index contributed by atoms with van der Waals surface area (Å²) in [5.41, 5.74) is 0. The summed E-state index contributed by atoms with van der Waals surface area (Å²) in [6, 6.07) is 0.270. The van der Waals surface area contributed by atoms with Crippen LogP contribution in [0.15, 0.2) is 0 Å². The molecule has 0 spiro atoms. The summed E-state index contributed by atoms with van der Waals surface area (Å²) in [7, 11) is -0.833. The molecule has 0 radical (unpaired) electrons. The van der Waals surface area contributed by atoms with E-state index >= 15 is 0 Å². The summed E-state index contributed by atoms with van der Waals surface area (Å²) >= 11 is 0. The third-order valence-electron chi connectivity index (χ3n) is 2.63. The summed E-state index contributed by atoms with van der Waals surface area (Å²) in [5, 5.41) is 6.04. The molecule has 2 unspecified atom stereocenters. The highest BCUT2D eigenvalue weighted by Gasteiger charge is 2.09. The predicted octanol–water partition coefficient (Wildman–Crippen LogP) is 0.648. The number of nitrogens with one attached hydrogen (secondary N) is 2. The molecular formula is C11H24N2O2S. The molecule has 0 saturated heterocycles. The van der Waals surface area contributed by atoms with E-state index in [4.69, 9.17) is 0 Å². The van der Waals surface area contributed by atoms with Crippen LogP contribution in [0.1, 0.15) is 33.6 Å². The standard InChI is InChI=1S/C11H24N2O2S/c1-5-10(6-2)13-11(14)8-12-7-9(3)16(4)15/h9-10,12H,5-8H2,1-4H3,(H,13,14). The van der Waals surface area contributed by atoms with E-state index in [0.717, 1.165) is 12.8 Å². The van der Waals surface area contributed by atoms with Crippen molar-refractivity contribution in [3.05, 3.63) is 0 Å². The van der Waals surface area contributed by atoms with Crippen molar-refractivity contribution >= 4 is 16.7 Å². The van der Waals surface area contributed by atoms with Crippen LogP contribution in [0, 0.1) is 0 Å². The zero-order valence-electron chi connectivity index (χ0n) is 10.7. The lowest BCUT2D eigenvalue weighted by molar-refractivity contribution is -0.121. The van der Waals surface area contributed by atoms with Crippen molar-refractivity contribution in [3.8, 4) is 0 Å². The Morgan fingerprint density at radius 3 is 2.31 bits per heavy atom. The minimum Gasteiger partial charge on any atom is -0.352 e. The van der Waals surface area contributed by atoms with Crippen LogP contribution in [-0.2, 0) is 15.6 Å². The van der Waals surface area contributed by atoms with Gasteiger partial charge in [-0.2, -0.15) is 0 Å². The van der Waals surface area contributed by atoms with Gasteiger partial charge in [0.2, 0.25) is 5.91 Å². The Balaban J connectivity index is 3.69. The molecule has 0 rings (SSSR count). The zero-order chi connectivity index (χ0) is 12.6. The second kappa shape index (κ2) is 8.70. The Bertz CT molecular complexity index is 230. The smallest absolute Gasteiger partial charge is 0.234 e. The van der Waals surface area contributed by atoms with Gasteiger partial charge in [-0.15, -0.1) is 0 Å². The van der Waals surface area contributed by atoms with E-state index in [2.05, 4.69) is 24.5 Å². The van der Waals surface area contributed by atoms with E-state index in [1.807, 2.05) is 6.92 Å². The normalized spacial score (nSPS) is 14.8. The highest BCUT2D eigenvalue weighted by molar-refractivity contribution is 7.84. The summed E-state index contributed by atoms with van der Waals surface area (Å²) in [4.78, 5) is 11.5. The van der Waals surface area contributed by atoms with Crippen molar-refractivity contribution in [1.82, 2.24) is 10.6 Å². The number of hydrogen-bond donors (Lipinski definition) is 2. The van der Waals surface area contributed by atoms with Crippen LogP contribution >= 0.6 is 0 Å². The zero-order valence-corrected chi connectivity index (χ0v) is 11.5. The molecule has 0 aromatic heterocycles. The van der Waals surface area contributed by atoms with Crippen molar-refractivity contribution in [2.45, 2.75) is 44.9 Å². The first kappa shape index (κ1) is 15.6. The lowest BCUT2D eigenvalue weighted by Crippen LogP contribution is -2.41. The molecule has 0 fully saturated rings. The Morgan fingerprint density at radius 2 is 1.88 bits per heavy atom. The van der Waals surface area contributed by atoms with Crippen LogP contribution in [0.3, 0.4) is 0 Å².